The van der Waals surface area contributed by atoms with Crippen LogP contribution in [0.3, 0.4) is 0 Å². The molecule has 0 bridgehead atoms. The van der Waals surface area contributed by atoms with Gasteiger partial charge in [-0.15, -0.1) is 11.3 Å². The van der Waals surface area contributed by atoms with Crippen molar-refractivity contribution in [1.82, 2.24) is 4.98 Å². The van der Waals surface area contributed by atoms with Gasteiger partial charge < -0.3 is 10.6 Å². The third kappa shape index (κ3) is 2.99. The number of hydrogen-bond donors (Lipinski definition) is 1. The molecule has 2 N–H and O–H groups in total. The highest BCUT2D eigenvalue weighted by Crippen LogP contribution is 2.43. The largest absolute Gasteiger partial charge is 0.351 e. The van der Waals surface area contributed by atoms with Gasteiger partial charge in [-0.1, -0.05) is 20.3 Å². The van der Waals surface area contributed by atoms with E-state index in [1.54, 1.807) is 11.3 Å². The Labute approximate surface area is 108 Å². The summed E-state index contributed by atoms with van der Waals surface area (Å²) in [4.78, 5) is 8.37. The number of nitrogens with two attached hydrogens (primary N) is 1. The monoisotopic (exact) mass is 253 g/mol. The first-order valence-corrected chi connectivity index (χ1v) is 7.38. The standard InChI is InChI=1S/C13H23N3S/c1-4-9(2)8-16(3)13-15-12(10-5-6-10)11(7-14)17-13/h9-10H,4-8,14H2,1-3H3. The van der Waals surface area contributed by atoms with Gasteiger partial charge in [0.05, 0.1) is 5.69 Å². The highest BCUT2D eigenvalue weighted by molar-refractivity contribution is 7.15. The van der Waals surface area contributed by atoms with E-state index >= 15 is 0 Å². The molecule has 0 radical (unpaired) electrons. The summed E-state index contributed by atoms with van der Waals surface area (Å²) in [5, 5.41) is 1.15. The van der Waals surface area contributed by atoms with Gasteiger partial charge in [0.25, 0.3) is 0 Å². The lowest BCUT2D eigenvalue weighted by Crippen LogP contribution is -2.23. The van der Waals surface area contributed by atoms with Crippen LogP contribution in [-0.2, 0) is 6.54 Å². The lowest BCUT2D eigenvalue weighted by Gasteiger charge is -2.19. The molecule has 0 saturated heterocycles. The van der Waals surface area contributed by atoms with Crippen molar-refractivity contribution in [2.45, 2.75) is 45.6 Å². The molecule has 0 aromatic carbocycles. The Morgan fingerprint density at radius 1 is 1.53 bits per heavy atom. The van der Waals surface area contributed by atoms with Crippen LogP contribution >= 0.6 is 11.3 Å². The Kier molecular flexibility index (Phi) is 4.05. The zero-order valence-electron chi connectivity index (χ0n) is 11.1. The van der Waals surface area contributed by atoms with Gasteiger partial charge in [0.15, 0.2) is 5.13 Å². The maximum absolute atomic E-state index is 5.81. The predicted octanol–water partition coefficient (Wildman–Crippen LogP) is 2.96. The third-order valence-electron chi connectivity index (χ3n) is 3.47. The highest BCUT2D eigenvalue weighted by atomic mass is 32.1. The zero-order chi connectivity index (χ0) is 12.4. The topological polar surface area (TPSA) is 42.2 Å². The van der Waals surface area contributed by atoms with Crippen molar-refractivity contribution in [3.8, 4) is 0 Å². The molecule has 1 aliphatic rings. The van der Waals surface area contributed by atoms with Gasteiger partial charge in [-0.2, -0.15) is 0 Å². The average Bonchev–Trinajstić information content (AvgIpc) is 3.08. The van der Waals surface area contributed by atoms with E-state index in [2.05, 4.69) is 25.8 Å². The third-order valence-corrected chi connectivity index (χ3v) is 4.68. The lowest BCUT2D eigenvalue weighted by molar-refractivity contribution is 0.559. The van der Waals surface area contributed by atoms with E-state index in [4.69, 9.17) is 10.7 Å². The van der Waals surface area contributed by atoms with Crippen LogP contribution in [-0.4, -0.2) is 18.6 Å². The minimum absolute atomic E-state index is 0.640. The summed E-state index contributed by atoms with van der Waals surface area (Å²) in [7, 11) is 2.14. The Morgan fingerprint density at radius 2 is 2.24 bits per heavy atom. The second kappa shape index (κ2) is 5.36. The Bertz CT molecular complexity index is 371. The molecular weight excluding hydrogens is 230 g/mol. The molecule has 1 saturated carbocycles. The summed E-state index contributed by atoms with van der Waals surface area (Å²) >= 11 is 1.78. The van der Waals surface area contributed by atoms with Crippen molar-refractivity contribution in [3.05, 3.63) is 10.6 Å². The second-order valence-electron chi connectivity index (χ2n) is 5.18. The van der Waals surface area contributed by atoms with Crippen LogP contribution < -0.4 is 10.6 Å². The molecule has 2 rings (SSSR count). The maximum Gasteiger partial charge on any atom is 0.185 e. The van der Waals surface area contributed by atoms with Crippen LogP contribution in [0.1, 0.15) is 49.6 Å². The van der Waals surface area contributed by atoms with Crippen molar-refractivity contribution in [2.24, 2.45) is 11.7 Å². The molecule has 1 atom stereocenters. The van der Waals surface area contributed by atoms with Crippen LogP contribution in [0.2, 0.25) is 0 Å². The smallest absolute Gasteiger partial charge is 0.185 e. The maximum atomic E-state index is 5.81. The fourth-order valence-corrected chi connectivity index (χ4v) is 3.01. The average molecular weight is 253 g/mol. The van der Waals surface area contributed by atoms with Crippen molar-refractivity contribution in [1.29, 1.82) is 0 Å². The number of hydrogen-bond acceptors (Lipinski definition) is 4. The van der Waals surface area contributed by atoms with Gasteiger partial charge in [-0.3, -0.25) is 0 Å². The van der Waals surface area contributed by atoms with Crippen molar-refractivity contribution in [3.63, 3.8) is 0 Å². The minimum atomic E-state index is 0.640. The van der Waals surface area contributed by atoms with Gasteiger partial charge in [0.2, 0.25) is 0 Å². The first kappa shape index (κ1) is 12.8. The van der Waals surface area contributed by atoms with Gasteiger partial charge in [-0.05, 0) is 18.8 Å². The van der Waals surface area contributed by atoms with Crippen LogP contribution in [0.5, 0.6) is 0 Å². The van der Waals surface area contributed by atoms with E-state index in [-0.39, 0.29) is 0 Å². The van der Waals surface area contributed by atoms with Gasteiger partial charge in [0, 0.05) is 30.9 Å². The fourth-order valence-electron chi connectivity index (χ4n) is 2.01. The Balaban J connectivity index is 2.09. The molecule has 17 heavy (non-hydrogen) atoms. The molecule has 1 heterocycles. The fraction of sp³-hybridized carbons (Fsp3) is 0.769. The van der Waals surface area contributed by atoms with Crippen LogP contribution in [0.25, 0.3) is 0 Å². The summed E-state index contributed by atoms with van der Waals surface area (Å²) in [6.07, 6.45) is 3.81. The Hall–Kier alpha value is -0.610. The summed E-state index contributed by atoms with van der Waals surface area (Å²) in [6.45, 7) is 6.25. The summed E-state index contributed by atoms with van der Waals surface area (Å²) in [5.41, 5.74) is 7.09. The van der Waals surface area contributed by atoms with Crippen LogP contribution in [0.15, 0.2) is 0 Å². The van der Waals surface area contributed by atoms with E-state index in [1.807, 2.05) is 0 Å². The molecule has 1 aromatic rings. The Morgan fingerprint density at radius 3 is 2.76 bits per heavy atom. The van der Waals surface area contributed by atoms with E-state index in [9.17, 15) is 0 Å². The molecule has 1 aromatic heterocycles. The zero-order valence-corrected chi connectivity index (χ0v) is 11.9. The number of nitrogens with zero attached hydrogens (tertiary/aromatic N) is 2. The summed E-state index contributed by atoms with van der Waals surface area (Å²) < 4.78 is 0. The van der Waals surface area contributed by atoms with Crippen molar-refractivity contribution < 1.29 is 0 Å². The quantitative estimate of drug-likeness (QED) is 0.847. The lowest BCUT2D eigenvalue weighted by atomic mass is 10.1. The molecule has 1 aliphatic carbocycles. The summed E-state index contributed by atoms with van der Waals surface area (Å²) in [6, 6.07) is 0. The van der Waals surface area contributed by atoms with Crippen LogP contribution in [0.4, 0.5) is 5.13 Å². The van der Waals surface area contributed by atoms with Gasteiger partial charge in [-0.25, -0.2) is 4.98 Å². The first-order chi connectivity index (χ1) is 8.15. The predicted molar refractivity (Wildman–Crippen MR) is 74.7 cm³/mol. The number of anilines is 1. The minimum Gasteiger partial charge on any atom is -0.351 e. The van der Waals surface area contributed by atoms with E-state index in [0.29, 0.717) is 12.5 Å². The highest BCUT2D eigenvalue weighted by Gasteiger charge is 2.29. The number of thiazole rings is 1. The summed E-state index contributed by atoms with van der Waals surface area (Å²) in [5.74, 6) is 1.42. The van der Waals surface area contributed by atoms with E-state index in [0.717, 1.165) is 17.6 Å². The van der Waals surface area contributed by atoms with Crippen molar-refractivity contribution in [2.75, 3.05) is 18.5 Å². The molecule has 0 spiro atoms. The molecule has 0 aliphatic heterocycles. The van der Waals surface area contributed by atoms with Crippen molar-refractivity contribution >= 4 is 16.5 Å². The van der Waals surface area contributed by atoms with Gasteiger partial charge >= 0.3 is 0 Å². The molecule has 0 amide bonds. The molecule has 1 unspecified atom stereocenters. The van der Waals surface area contributed by atoms with E-state index in [1.165, 1.54) is 29.8 Å². The second-order valence-corrected chi connectivity index (χ2v) is 6.24. The molecular formula is C13H23N3S. The molecule has 4 heteroatoms. The number of rotatable bonds is 6. The van der Waals surface area contributed by atoms with Crippen LogP contribution in [0, 0.1) is 5.92 Å². The van der Waals surface area contributed by atoms with E-state index < -0.39 is 0 Å². The molecule has 1 fully saturated rings. The SMILES string of the molecule is CCC(C)CN(C)c1nc(C2CC2)c(CN)s1. The van der Waals surface area contributed by atoms with Gasteiger partial charge in [0.1, 0.15) is 0 Å². The first-order valence-electron chi connectivity index (χ1n) is 6.56. The number of aromatic nitrogens is 1. The molecule has 3 nitrogen and oxygen atoms in total. The molecule has 96 valence electrons. The normalized spacial score (nSPS) is 17.2.